The first kappa shape index (κ1) is 13.1. The van der Waals surface area contributed by atoms with Gasteiger partial charge in [-0.1, -0.05) is 17.7 Å². The Labute approximate surface area is 113 Å². The van der Waals surface area contributed by atoms with Crippen molar-refractivity contribution in [2.24, 2.45) is 5.84 Å². The number of nitrogens with one attached hydrogen (secondary N) is 1. The average Bonchev–Trinajstić information content (AvgIpc) is 2.41. The van der Waals surface area contributed by atoms with Crippen LogP contribution in [0.4, 0.5) is 11.5 Å². The maximum atomic E-state index is 10.9. The normalized spacial score (nSPS) is 10.0. The van der Waals surface area contributed by atoms with E-state index >= 15 is 0 Å². The van der Waals surface area contributed by atoms with Gasteiger partial charge in [0.05, 0.1) is 4.92 Å². The van der Waals surface area contributed by atoms with Crippen molar-refractivity contribution in [2.75, 3.05) is 5.43 Å². The number of nitro groups is 1. The van der Waals surface area contributed by atoms with Gasteiger partial charge in [0, 0.05) is 17.2 Å². The Morgan fingerprint density at radius 1 is 1.37 bits per heavy atom. The SMILES string of the molecule is NNc1cccc(Oc2ccc(Cl)cc2[N+](=O)[O-])n1. The fourth-order valence-corrected chi connectivity index (χ4v) is 1.55. The second kappa shape index (κ2) is 5.51. The molecule has 0 radical (unpaired) electrons. The third kappa shape index (κ3) is 3.09. The molecule has 2 aromatic rings. The van der Waals surface area contributed by atoms with Crippen LogP contribution in [0.25, 0.3) is 0 Å². The largest absolute Gasteiger partial charge is 0.432 e. The molecule has 3 N–H and O–H groups in total. The van der Waals surface area contributed by atoms with E-state index in [0.717, 1.165) is 0 Å². The molecule has 0 unspecified atom stereocenters. The molecule has 0 aliphatic heterocycles. The summed E-state index contributed by atoms with van der Waals surface area (Å²) in [6, 6.07) is 8.95. The Morgan fingerprint density at radius 2 is 2.16 bits per heavy atom. The van der Waals surface area contributed by atoms with Crippen molar-refractivity contribution in [2.45, 2.75) is 0 Å². The van der Waals surface area contributed by atoms with Gasteiger partial charge >= 0.3 is 5.69 Å². The second-order valence-corrected chi connectivity index (χ2v) is 3.91. The van der Waals surface area contributed by atoms with Gasteiger partial charge < -0.3 is 10.2 Å². The predicted octanol–water partition coefficient (Wildman–Crippen LogP) is 2.72. The number of hydrazine groups is 1. The minimum absolute atomic E-state index is 0.0519. The lowest BCUT2D eigenvalue weighted by Gasteiger charge is -2.06. The average molecular weight is 281 g/mol. The van der Waals surface area contributed by atoms with Crippen LogP contribution in [-0.4, -0.2) is 9.91 Å². The summed E-state index contributed by atoms with van der Waals surface area (Å²) < 4.78 is 5.36. The summed E-state index contributed by atoms with van der Waals surface area (Å²) in [6.07, 6.45) is 0. The van der Waals surface area contributed by atoms with Crippen molar-refractivity contribution >= 4 is 23.1 Å². The number of hydrogen-bond donors (Lipinski definition) is 2. The molecule has 0 spiro atoms. The standard InChI is InChI=1S/C11H9ClN4O3/c12-7-4-5-9(8(6-7)16(17)18)19-11-3-1-2-10(14-11)15-13/h1-6H,13H2,(H,14,15). The topological polar surface area (TPSA) is 103 Å². The molecule has 19 heavy (non-hydrogen) atoms. The molecule has 0 fully saturated rings. The molecule has 0 aliphatic carbocycles. The summed E-state index contributed by atoms with van der Waals surface area (Å²) >= 11 is 5.71. The van der Waals surface area contributed by atoms with Crippen LogP contribution in [0.5, 0.6) is 11.6 Å². The first-order valence-corrected chi connectivity index (χ1v) is 5.53. The number of halogens is 1. The van der Waals surface area contributed by atoms with Gasteiger partial charge in [-0.05, 0) is 18.2 Å². The van der Waals surface area contributed by atoms with Crippen molar-refractivity contribution in [1.82, 2.24) is 4.98 Å². The van der Waals surface area contributed by atoms with Crippen molar-refractivity contribution in [3.63, 3.8) is 0 Å². The van der Waals surface area contributed by atoms with E-state index < -0.39 is 4.92 Å². The van der Waals surface area contributed by atoms with Gasteiger partial charge in [0.25, 0.3) is 0 Å². The summed E-state index contributed by atoms with van der Waals surface area (Å²) in [5.74, 6) is 5.83. The number of nitrogens with two attached hydrogens (primary N) is 1. The van der Waals surface area contributed by atoms with Gasteiger partial charge in [-0.25, -0.2) is 5.84 Å². The number of benzene rings is 1. The molecular weight excluding hydrogens is 272 g/mol. The van der Waals surface area contributed by atoms with Crippen LogP contribution in [0.1, 0.15) is 0 Å². The summed E-state index contributed by atoms with van der Waals surface area (Å²) in [4.78, 5) is 14.3. The lowest BCUT2D eigenvalue weighted by atomic mass is 10.3. The molecular formula is C11H9ClN4O3. The number of rotatable bonds is 4. The van der Waals surface area contributed by atoms with Crippen molar-refractivity contribution in [3.05, 3.63) is 51.5 Å². The molecule has 0 amide bonds. The van der Waals surface area contributed by atoms with E-state index in [4.69, 9.17) is 22.2 Å². The number of nitro benzene ring substituents is 1. The minimum atomic E-state index is -0.577. The molecule has 8 heteroatoms. The highest BCUT2D eigenvalue weighted by Gasteiger charge is 2.16. The molecule has 7 nitrogen and oxygen atoms in total. The lowest BCUT2D eigenvalue weighted by Crippen LogP contribution is -2.08. The van der Waals surface area contributed by atoms with Crippen LogP contribution in [0.15, 0.2) is 36.4 Å². The van der Waals surface area contributed by atoms with Gasteiger partial charge in [0.1, 0.15) is 5.82 Å². The Bertz CT molecular complexity index is 621. The zero-order valence-electron chi connectivity index (χ0n) is 9.54. The van der Waals surface area contributed by atoms with Gasteiger partial charge in [0.2, 0.25) is 11.6 Å². The quantitative estimate of drug-likeness (QED) is 0.507. The number of anilines is 1. The van der Waals surface area contributed by atoms with E-state index in [1.807, 2.05) is 0 Å². The lowest BCUT2D eigenvalue weighted by molar-refractivity contribution is -0.385. The zero-order chi connectivity index (χ0) is 13.8. The maximum Gasteiger partial charge on any atom is 0.313 e. The predicted molar refractivity (Wildman–Crippen MR) is 70.2 cm³/mol. The molecule has 1 aromatic carbocycles. The molecule has 0 atom stereocenters. The highest BCUT2D eigenvalue weighted by molar-refractivity contribution is 6.30. The van der Waals surface area contributed by atoms with E-state index in [9.17, 15) is 10.1 Å². The van der Waals surface area contributed by atoms with Crippen LogP contribution < -0.4 is 16.0 Å². The maximum absolute atomic E-state index is 10.9. The number of aromatic nitrogens is 1. The van der Waals surface area contributed by atoms with Crippen molar-refractivity contribution < 1.29 is 9.66 Å². The highest BCUT2D eigenvalue weighted by Crippen LogP contribution is 2.33. The van der Waals surface area contributed by atoms with Gasteiger partial charge in [-0.3, -0.25) is 10.1 Å². The minimum Gasteiger partial charge on any atom is -0.432 e. The van der Waals surface area contributed by atoms with E-state index in [1.165, 1.54) is 18.2 Å². The Morgan fingerprint density at radius 3 is 2.84 bits per heavy atom. The van der Waals surface area contributed by atoms with E-state index in [2.05, 4.69) is 10.4 Å². The summed E-state index contributed by atoms with van der Waals surface area (Å²) in [5.41, 5.74) is 2.12. The molecule has 0 aliphatic rings. The van der Waals surface area contributed by atoms with Gasteiger partial charge in [0.15, 0.2) is 0 Å². The Kier molecular flexibility index (Phi) is 3.79. The first-order chi connectivity index (χ1) is 9.10. The Balaban J connectivity index is 2.34. The van der Waals surface area contributed by atoms with E-state index in [-0.39, 0.29) is 22.3 Å². The molecule has 2 rings (SSSR count). The highest BCUT2D eigenvalue weighted by atomic mass is 35.5. The van der Waals surface area contributed by atoms with Crippen LogP contribution >= 0.6 is 11.6 Å². The zero-order valence-corrected chi connectivity index (χ0v) is 10.3. The monoisotopic (exact) mass is 280 g/mol. The van der Waals surface area contributed by atoms with Crippen LogP contribution in [0, 0.1) is 10.1 Å². The third-order valence-electron chi connectivity index (χ3n) is 2.20. The summed E-state index contributed by atoms with van der Waals surface area (Å²) in [7, 11) is 0. The molecule has 98 valence electrons. The van der Waals surface area contributed by atoms with Gasteiger partial charge in [-0.15, -0.1) is 0 Å². The fourth-order valence-electron chi connectivity index (χ4n) is 1.38. The van der Waals surface area contributed by atoms with E-state index in [1.54, 1.807) is 18.2 Å². The molecule has 0 saturated carbocycles. The van der Waals surface area contributed by atoms with Crippen LogP contribution in [-0.2, 0) is 0 Å². The third-order valence-corrected chi connectivity index (χ3v) is 2.44. The first-order valence-electron chi connectivity index (χ1n) is 5.15. The number of ether oxygens (including phenoxy) is 1. The molecule has 1 heterocycles. The van der Waals surface area contributed by atoms with Crippen molar-refractivity contribution in [3.8, 4) is 11.6 Å². The second-order valence-electron chi connectivity index (χ2n) is 3.48. The smallest absolute Gasteiger partial charge is 0.313 e. The number of hydrogen-bond acceptors (Lipinski definition) is 6. The van der Waals surface area contributed by atoms with Crippen LogP contribution in [0.3, 0.4) is 0 Å². The van der Waals surface area contributed by atoms with Gasteiger partial charge in [-0.2, -0.15) is 4.98 Å². The van der Waals surface area contributed by atoms with E-state index in [0.29, 0.717) is 5.82 Å². The summed E-state index contributed by atoms with van der Waals surface area (Å²) in [6.45, 7) is 0. The number of pyridine rings is 1. The summed E-state index contributed by atoms with van der Waals surface area (Å²) in [5, 5.41) is 11.2. The molecule has 0 bridgehead atoms. The molecule has 0 saturated heterocycles. The van der Waals surface area contributed by atoms with Crippen LogP contribution in [0.2, 0.25) is 5.02 Å². The number of nitrogens with zero attached hydrogens (tertiary/aromatic N) is 2. The fraction of sp³-hybridized carbons (Fsp3) is 0. The van der Waals surface area contributed by atoms with Crippen molar-refractivity contribution in [1.29, 1.82) is 0 Å². The molecule has 1 aromatic heterocycles. The Hall–Kier alpha value is -2.38. The number of nitrogen functional groups attached to an aromatic ring is 1.